The van der Waals surface area contributed by atoms with Crippen LogP contribution in [-0.2, 0) is 19.6 Å². The Labute approximate surface area is 308 Å². The zero-order valence-electron chi connectivity index (χ0n) is 31.9. The number of carbonyl (C=O) groups is 1. The number of methoxy groups -OCH3 is 2. The monoisotopic (exact) mass is 706 g/mol. The minimum atomic E-state index is -2.47. The lowest BCUT2D eigenvalue weighted by Gasteiger charge is -2.47. The van der Waals surface area contributed by atoms with Gasteiger partial charge in [0.2, 0.25) is 8.32 Å². The van der Waals surface area contributed by atoms with E-state index in [0.29, 0.717) is 47.6 Å². The molecular formula is C45H58O5Si. The third kappa shape index (κ3) is 8.74. The van der Waals surface area contributed by atoms with E-state index in [2.05, 4.69) is 127 Å². The summed E-state index contributed by atoms with van der Waals surface area (Å²) in [5, 5.41) is 0. The van der Waals surface area contributed by atoms with E-state index in [1.807, 2.05) is 36.4 Å². The molecule has 0 fully saturated rings. The van der Waals surface area contributed by atoms with E-state index in [-0.39, 0.29) is 11.8 Å². The summed E-state index contributed by atoms with van der Waals surface area (Å²) in [5.74, 6) is 0.827. The molecule has 4 rings (SSSR count). The molecule has 0 aliphatic carbocycles. The van der Waals surface area contributed by atoms with Crippen LogP contribution in [-0.4, -0.2) is 35.4 Å². The van der Waals surface area contributed by atoms with Gasteiger partial charge >= 0.3 is 0 Å². The fraction of sp³-hybridized carbons (Fsp3) is 0.400. The fourth-order valence-corrected chi connectivity index (χ4v) is 13.8. The first-order valence-corrected chi connectivity index (χ1v) is 20.5. The molecule has 0 saturated carbocycles. The van der Waals surface area contributed by atoms with Crippen molar-refractivity contribution in [2.45, 2.75) is 82.7 Å². The maximum Gasteiger partial charge on any atom is 0.201 e. The topological polar surface area (TPSA) is 54.0 Å². The molecule has 0 unspecified atom stereocenters. The predicted octanol–water partition coefficient (Wildman–Crippen LogP) is 11.3. The second-order valence-corrected chi connectivity index (χ2v) is 19.9. The first-order valence-electron chi connectivity index (χ1n) is 18.3. The smallest absolute Gasteiger partial charge is 0.201 e. The standard InChI is InChI=1S/C45H58O5Si/c1-10-20-36(31-46)29-38(44(37-27-28-42(47-8)43(30-37)48-9)50-51(33(2)3,34(4)5)35(6)7)32-49-45(39-21-14-11-15-22-39,40-23-16-12-17-24-40)41-25-18-13-19-26-41/h10-19,21-28,30-31,33-36,38,44H,1,20,29,32H2,2-9H3/t36-,38-,44+/m0/s1. The Kier molecular flexibility index (Phi) is 14.4. The van der Waals surface area contributed by atoms with Gasteiger partial charge in [-0.05, 0) is 63.9 Å². The first-order chi connectivity index (χ1) is 24.6. The normalized spacial score (nSPS) is 13.9. The van der Waals surface area contributed by atoms with Crippen LogP contribution in [0.4, 0.5) is 0 Å². The SMILES string of the molecule is C=CC[C@H](C=O)C[C@@H](COC(c1ccccc1)(c1ccccc1)c1ccccc1)[C@H](O[Si](C(C)C)(C(C)C)C(C)C)c1ccc(OC)c(OC)c1. The Morgan fingerprint density at radius 1 is 0.686 bits per heavy atom. The third-order valence-electron chi connectivity index (χ3n) is 10.5. The van der Waals surface area contributed by atoms with Crippen LogP contribution in [0.2, 0.25) is 16.6 Å². The number of hydrogen-bond donors (Lipinski definition) is 0. The van der Waals surface area contributed by atoms with Crippen LogP contribution in [0.5, 0.6) is 11.5 Å². The Morgan fingerprint density at radius 2 is 1.16 bits per heavy atom. The summed E-state index contributed by atoms with van der Waals surface area (Å²) in [7, 11) is 0.842. The van der Waals surface area contributed by atoms with Gasteiger partial charge in [0.1, 0.15) is 11.9 Å². The third-order valence-corrected chi connectivity index (χ3v) is 16.6. The average molecular weight is 707 g/mol. The molecule has 0 aliphatic heterocycles. The van der Waals surface area contributed by atoms with Crippen LogP contribution in [0.15, 0.2) is 122 Å². The first kappa shape index (κ1) is 39.8. The van der Waals surface area contributed by atoms with Crippen molar-refractivity contribution >= 4 is 14.6 Å². The lowest BCUT2D eigenvalue weighted by Crippen LogP contribution is -2.50. The maximum atomic E-state index is 12.7. The summed E-state index contributed by atoms with van der Waals surface area (Å²) >= 11 is 0. The van der Waals surface area contributed by atoms with E-state index in [1.54, 1.807) is 14.2 Å². The summed E-state index contributed by atoms with van der Waals surface area (Å²) in [6.45, 7) is 18.1. The molecule has 0 N–H and O–H groups in total. The number of carbonyl (C=O) groups excluding carboxylic acids is 1. The van der Waals surface area contributed by atoms with E-state index < -0.39 is 20.0 Å². The highest BCUT2D eigenvalue weighted by atomic mass is 28.4. The molecule has 0 radical (unpaired) electrons. The Morgan fingerprint density at radius 3 is 1.55 bits per heavy atom. The molecule has 272 valence electrons. The number of rotatable bonds is 20. The fourth-order valence-electron chi connectivity index (χ4n) is 8.18. The van der Waals surface area contributed by atoms with E-state index in [0.717, 1.165) is 28.5 Å². The molecule has 0 aromatic heterocycles. The van der Waals surface area contributed by atoms with Crippen LogP contribution in [0.1, 0.15) is 82.7 Å². The summed E-state index contributed by atoms with van der Waals surface area (Å²) in [6.07, 6.45) is 3.64. The molecule has 0 spiro atoms. The average Bonchev–Trinajstić information content (AvgIpc) is 3.15. The van der Waals surface area contributed by atoms with E-state index in [4.69, 9.17) is 18.6 Å². The van der Waals surface area contributed by atoms with Crippen molar-refractivity contribution < 1.29 is 23.4 Å². The zero-order valence-corrected chi connectivity index (χ0v) is 32.9. The quantitative estimate of drug-likeness (QED) is 0.0396. The minimum absolute atomic E-state index is 0.211. The van der Waals surface area contributed by atoms with Gasteiger partial charge < -0.3 is 23.4 Å². The largest absolute Gasteiger partial charge is 0.493 e. The van der Waals surface area contributed by atoms with Gasteiger partial charge in [0.25, 0.3) is 0 Å². The Hall–Kier alpha value is -3.97. The molecule has 6 heteroatoms. The van der Waals surface area contributed by atoms with Gasteiger partial charge in [-0.15, -0.1) is 6.58 Å². The van der Waals surface area contributed by atoms with Gasteiger partial charge in [-0.3, -0.25) is 0 Å². The zero-order chi connectivity index (χ0) is 37.0. The summed E-state index contributed by atoms with van der Waals surface area (Å²) in [6, 6.07) is 37.4. The highest BCUT2D eigenvalue weighted by Gasteiger charge is 2.49. The highest BCUT2D eigenvalue weighted by molar-refractivity contribution is 6.77. The van der Waals surface area contributed by atoms with Gasteiger partial charge in [0.15, 0.2) is 11.5 Å². The van der Waals surface area contributed by atoms with Crippen molar-refractivity contribution in [3.05, 3.63) is 144 Å². The molecule has 4 aromatic rings. The maximum absolute atomic E-state index is 12.7. The lowest BCUT2D eigenvalue weighted by molar-refractivity contribution is -0.112. The molecule has 51 heavy (non-hydrogen) atoms. The van der Waals surface area contributed by atoms with Gasteiger partial charge in [0, 0.05) is 11.8 Å². The molecule has 0 aliphatic rings. The molecule has 0 amide bonds. The molecule has 4 aromatic carbocycles. The van der Waals surface area contributed by atoms with Gasteiger partial charge in [-0.2, -0.15) is 0 Å². The van der Waals surface area contributed by atoms with Crippen LogP contribution < -0.4 is 9.47 Å². The lowest BCUT2D eigenvalue weighted by atomic mass is 9.79. The summed E-state index contributed by atoms with van der Waals surface area (Å²) in [4.78, 5) is 12.7. The van der Waals surface area contributed by atoms with Crippen LogP contribution >= 0.6 is 0 Å². The molecule has 5 nitrogen and oxygen atoms in total. The number of ether oxygens (including phenoxy) is 3. The van der Waals surface area contributed by atoms with Crippen LogP contribution in [0.25, 0.3) is 0 Å². The number of allylic oxidation sites excluding steroid dienone is 1. The minimum Gasteiger partial charge on any atom is -0.493 e. The van der Waals surface area contributed by atoms with Crippen molar-refractivity contribution in [1.82, 2.24) is 0 Å². The molecular weight excluding hydrogens is 649 g/mol. The Balaban J connectivity index is 1.99. The van der Waals surface area contributed by atoms with Crippen molar-refractivity contribution in [2.24, 2.45) is 11.8 Å². The second kappa shape index (κ2) is 18.5. The van der Waals surface area contributed by atoms with Crippen LogP contribution in [0.3, 0.4) is 0 Å². The van der Waals surface area contributed by atoms with E-state index >= 15 is 0 Å². The number of hydrogen-bond acceptors (Lipinski definition) is 5. The van der Waals surface area contributed by atoms with E-state index in [9.17, 15) is 4.79 Å². The van der Waals surface area contributed by atoms with Crippen LogP contribution in [0, 0.1) is 11.8 Å². The Bertz CT molecular complexity index is 1520. The number of aldehydes is 1. The van der Waals surface area contributed by atoms with Crippen molar-refractivity contribution in [2.75, 3.05) is 20.8 Å². The summed E-state index contributed by atoms with van der Waals surface area (Å²) in [5.41, 5.74) is 4.15. The van der Waals surface area contributed by atoms with E-state index in [1.165, 1.54) is 0 Å². The predicted molar refractivity (Wildman–Crippen MR) is 212 cm³/mol. The summed E-state index contributed by atoms with van der Waals surface area (Å²) < 4.78 is 26.8. The highest BCUT2D eigenvalue weighted by Crippen LogP contribution is 2.49. The van der Waals surface area contributed by atoms with Crippen molar-refractivity contribution in [3.8, 4) is 11.5 Å². The molecule has 3 atom stereocenters. The molecule has 0 heterocycles. The molecule has 0 saturated heterocycles. The van der Waals surface area contributed by atoms with Gasteiger partial charge in [-0.1, -0.05) is 145 Å². The van der Waals surface area contributed by atoms with Gasteiger partial charge in [-0.25, -0.2) is 0 Å². The van der Waals surface area contributed by atoms with Gasteiger partial charge in [0.05, 0.1) is 26.9 Å². The molecule has 0 bridgehead atoms. The number of benzene rings is 4. The van der Waals surface area contributed by atoms with Crippen molar-refractivity contribution in [1.29, 1.82) is 0 Å². The van der Waals surface area contributed by atoms with Crippen molar-refractivity contribution in [3.63, 3.8) is 0 Å². The second-order valence-electron chi connectivity index (χ2n) is 14.5.